The van der Waals surface area contributed by atoms with Crippen LogP contribution in [0.1, 0.15) is 32.1 Å². The third-order valence-electron chi connectivity index (χ3n) is 7.70. The Hall–Kier alpha value is -1.12. The zero-order chi connectivity index (χ0) is 24.5. The van der Waals surface area contributed by atoms with E-state index >= 15 is 0 Å². The van der Waals surface area contributed by atoms with E-state index in [1.54, 1.807) is 0 Å². The molecule has 2 saturated heterocycles. The summed E-state index contributed by atoms with van der Waals surface area (Å²) in [6.07, 6.45) is -5.30. The van der Waals surface area contributed by atoms with Gasteiger partial charge in [0.2, 0.25) is 5.91 Å². The van der Waals surface area contributed by atoms with Crippen molar-refractivity contribution < 1.29 is 36.6 Å². The summed E-state index contributed by atoms with van der Waals surface area (Å²) in [5, 5.41) is 24.6. The Morgan fingerprint density at radius 1 is 1.00 bits per heavy atom. The predicted molar refractivity (Wildman–Crippen MR) is 112 cm³/mol. The van der Waals surface area contributed by atoms with Gasteiger partial charge in [0.25, 0.3) is 6.43 Å². The molecule has 0 radical (unpaired) electrons. The number of halogens is 5. The van der Waals surface area contributed by atoms with Crippen LogP contribution < -0.4 is 26.6 Å². The highest BCUT2D eigenvalue weighted by molar-refractivity contribution is 5.82. The molecule has 6 N–H and O–H groups in total. The summed E-state index contributed by atoms with van der Waals surface area (Å²) < 4.78 is 69.3. The fourth-order valence-corrected chi connectivity index (χ4v) is 5.64. The first-order valence-electron chi connectivity index (χ1n) is 12.0. The van der Waals surface area contributed by atoms with Crippen LogP contribution in [0.15, 0.2) is 0 Å². The molecule has 13 heteroatoms. The van der Waals surface area contributed by atoms with Gasteiger partial charge in [-0.1, -0.05) is 0 Å². The topological polar surface area (TPSA) is 107 Å². The molecular weight excluding hydrogens is 465 g/mol. The van der Waals surface area contributed by atoms with Crippen molar-refractivity contribution in [3.63, 3.8) is 0 Å². The van der Waals surface area contributed by atoms with Gasteiger partial charge in [-0.25, -0.2) is 8.78 Å². The lowest BCUT2D eigenvalue weighted by molar-refractivity contribution is -0.166. The summed E-state index contributed by atoms with van der Waals surface area (Å²) in [4.78, 5) is 12.6. The van der Waals surface area contributed by atoms with Gasteiger partial charge in [-0.05, 0) is 43.9 Å². The number of carbonyl (C=O) groups is 1. The molecule has 0 aromatic carbocycles. The van der Waals surface area contributed by atoms with Gasteiger partial charge in [-0.3, -0.25) is 10.1 Å². The first-order chi connectivity index (χ1) is 16.1. The van der Waals surface area contributed by atoms with Crippen molar-refractivity contribution in [1.82, 2.24) is 26.6 Å². The number of carbonyl (C=O) groups excluding carboxylic acids is 1. The van der Waals surface area contributed by atoms with Crippen LogP contribution in [0.4, 0.5) is 22.0 Å². The maximum absolute atomic E-state index is 12.8. The van der Waals surface area contributed by atoms with Gasteiger partial charge in [0, 0.05) is 31.7 Å². The minimum atomic E-state index is -4.27. The average molecular weight is 500 g/mol. The van der Waals surface area contributed by atoms with E-state index in [0.29, 0.717) is 18.3 Å². The second kappa shape index (κ2) is 10.9. The number of amides is 1. The number of hydrogen-bond donors (Lipinski definition) is 6. The average Bonchev–Trinajstić information content (AvgIpc) is 2.99. The summed E-state index contributed by atoms with van der Waals surface area (Å²) >= 11 is 0. The van der Waals surface area contributed by atoms with E-state index in [2.05, 4.69) is 26.6 Å². The van der Waals surface area contributed by atoms with E-state index in [1.807, 2.05) is 0 Å². The van der Waals surface area contributed by atoms with E-state index in [-0.39, 0.29) is 63.2 Å². The number of piperidine rings is 1. The zero-order valence-corrected chi connectivity index (χ0v) is 18.8. The van der Waals surface area contributed by atoms with Crippen molar-refractivity contribution >= 4 is 5.91 Å². The highest BCUT2D eigenvalue weighted by Crippen LogP contribution is 2.47. The third kappa shape index (κ3) is 6.16. The van der Waals surface area contributed by atoms with Crippen LogP contribution in [0.3, 0.4) is 0 Å². The van der Waals surface area contributed by atoms with Gasteiger partial charge < -0.3 is 31.1 Å². The maximum Gasteiger partial charge on any atom is 0.403 e. The Labute approximate surface area is 195 Å². The lowest BCUT2D eigenvalue weighted by atomic mass is 9.73. The Morgan fingerprint density at radius 2 is 1.74 bits per heavy atom. The number of rotatable bonds is 8. The molecule has 196 valence electrons. The molecular formula is C21H34F5N5O3. The van der Waals surface area contributed by atoms with E-state index < -0.39 is 37.0 Å². The number of aliphatic hydroxyl groups excluding tert-OH is 1. The molecule has 0 aromatic heterocycles. The second-order valence-electron chi connectivity index (χ2n) is 9.89. The normalized spacial score (nSPS) is 39.4. The van der Waals surface area contributed by atoms with Crippen LogP contribution in [-0.2, 0) is 9.53 Å². The monoisotopic (exact) mass is 499 g/mol. The van der Waals surface area contributed by atoms with Gasteiger partial charge in [0.05, 0.1) is 24.8 Å². The molecule has 2 aliphatic heterocycles. The van der Waals surface area contributed by atoms with E-state index in [1.165, 1.54) is 0 Å². The second-order valence-corrected chi connectivity index (χ2v) is 9.89. The molecule has 34 heavy (non-hydrogen) atoms. The van der Waals surface area contributed by atoms with Crippen LogP contribution in [0.25, 0.3) is 0 Å². The van der Waals surface area contributed by atoms with Gasteiger partial charge >= 0.3 is 6.18 Å². The van der Waals surface area contributed by atoms with Crippen LogP contribution >= 0.6 is 0 Å². The maximum atomic E-state index is 12.8. The minimum Gasteiger partial charge on any atom is -0.376 e. The van der Waals surface area contributed by atoms with Crippen LogP contribution in [0, 0.1) is 11.8 Å². The Kier molecular flexibility index (Phi) is 8.30. The van der Waals surface area contributed by atoms with Crippen molar-refractivity contribution in [2.24, 2.45) is 11.8 Å². The molecule has 0 spiro atoms. The largest absolute Gasteiger partial charge is 0.403 e. The molecule has 8 nitrogen and oxygen atoms in total. The molecule has 2 aliphatic carbocycles. The molecule has 4 rings (SSSR count). The van der Waals surface area contributed by atoms with Crippen molar-refractivity contribution in [2.45, 2.75) is 87.2 Å². The molecule has 0 aromatic rings. The number of alkyl halides is 5. The van der Waals surface area contributed by atoms with Gasteiger partial charge in [0.15, 0.2) is 0 Å². The Morgan fingerprint density at radius 3 is 2.29 bits per heavy atom. The van der Waals surface area contributed by atoms with Crippen LogP contribution in [0.5, 0.6) is 0 Å². The zero-order valence-electron chi connectivity index (χ0n) is 18.8. The van der Waals surface area contributed by atoms with E-state index in [9.17, 15) is 31.9 Å². The first kappa shape index (κ1) is 26.0. The van der Waals surface area contributed by atoms with Crippen molar-refractivity contribution in [3.05, 3.63) is 0 Å². The van der Waals surface area contributed by atoms with Crippen molar-refractivity contribution in [3.8, 4) is 0 Å². The number of aliphatic hydroxyl groups is 1. The van der Waals surface area contributed by atoms with E-state index in [4.69, 9.17) is 4.74 Å². The minimum absolute atomic E-state index is 0.0117. The van der Waals surface area contributed by atoms with Gasteiger partial charge in [0.1, 0.15) is 12.3 Å². The lowest BCUT2D eigenvalue weighted by Gasteiger charge is -2.38. The third-order valence-corrected chi connectivity index (χ3v) is 7.70. The van der Waals surface area contributed by atoms with Crippen molar-refractivity contribution in [1.29, 1.82) is 0 Å². The number of fused-ring (bicyclic) bond motifs is 1. The summed E-state index contributed by atoms with van der Waals surface area (Å²) in [7, 11) is 0. The van der Waals surface area contributed by atoms with Gasteiger partial charge in [-0.2, -0.15) is 13.2 Å². The summed E-state index contributed by atoms with van der Waals surface area (Å²) in [5.41, 5.74) is 0. The molecule has 1 amide bonds. The fourth-order valence-electron chi connectivity index (χ4n) is 5.64. The quantitative estimate of drug-likeness (QED) is 0.207. The molecule has 4 fully saturated rings. The Bertz CT molecular complexity index is 686. The lowest BCUT2D eigenvalue weighted by Crippen LogP contribution is -2.62. The summed E-state index contributed by atoms with van der Waals surface area (Å²) in [6, 6.07) is -3.11. The molecule has 2 saturated carbocycles. The highest BCUT2D eigenvalue weighted by atomic mass is 19.4. The molecule has 4 aliphatic rings. The summed E-state index contributed by atoms with van der Waals surface area (Å²) in [5.74, 6) is 0.383. The number of piperazine rings is 1. The predicted octanol–water partition coefficient (Wildman–Crippen LogP) is 0.0723. The number of ether oxygens (including phenoxy) is 1. The highest BCUT2D eigenvalue weighted by Gasteiger charge is 2.49. The first-order valence-corrected chi connectivity index (χ1v) is 12.0. The Balaban J connectivity index is 1.17. The molecule has 9 atom stereocenters. The standard InChI is InChI=1S/C21H34F5N5O3/c22-19(23)15-7-28-16(8-27-15)20(33)31-14-5-13(11-2-3-12(11)14)30-18(32)9-34-10-1-4-17(29-6-10)21(24,25)26/h10-19,27-30,32H,1-9H2,(H,31,33)/t10?,11?,12?,13-,14?,15?,16?,17?,18?/m0/s1. The summed E-state index contributed by atoms with van der Waals surface area (Å²) in [6.45, 7) is 0.216. The number of nitrogens with one attached hydrogen (secondary N) is 5. The van der Waals surface area contributed by atoms with Crippen molar-refractivity contribution in [2.75, 3.05) is 26.2 Å². The number of hydrogen-bond acceptors (Lipinski definition) is 7. The molecule has 8 unspecified atom stereocenters. The smallest absolute Gasteiger partial charge is 0.376 e. The SMILES string of the molecule is O=C(NC1C[C@H](NC(O)COC2CCC(C(F)(F)F)NC2)C2CCC12)C1CNC(C(F)F)CN1. The van der Waals surface area contributed by atoms with Gasteiger partial charge in [-0.15, -0.1) is 0 Å². The molecule has 0 bridgehead atoms. The van der Waals surface area contributed by atoms with Crippen LogP contribution in [0.2, 0.25) is 0 Å². The van der Waals surface area contributed by atoms with E-state index in [0.717, 1.165) is 12.8 Å². The van der Waals surface area contributed by atoms with Crippen LogP contribution in [-0.4, -0.2) is 92.4 Å². The molecule has 2 heterocycles. The fraction of sp³-hybridized carbons (Fsp3) is 0.952.